The zero-order chi connectivity index (χ0) is 13.6. The molecule has 5 nitrogen and oxygen atoms in total. The summed E-state index contributed by atoms with van der Waals surface area (Å²) in [6.45, 7) is 0. The Kier molecular flexibility index (Phi) is 2.35. The summed E-state index contributed by atoms with van der Waals surface area (Å²) in [5.74, 6) is 0.467. The first kappa shape index (κ1) is 11.4. The second kappa shape index (κ2) is 3.91. The summed E-state index contributed by atoms with van der Waals surface area (Å²) in [6, 6.07) is 9.49. The third kappa shape index (κ3) is 1.59. The lowest BCUT2D eigenvalue weighted by Crippen LogP contribution is -1.96. The van der Waals surface area contributed by atoms with E-state index >= 15 is 0 Å². The van der Waals surface area contributed by atoms with E-state index in [4.69, 9.17) is 4.74 Å². The summed E-state index contributed by atoms with van der Waals surface area (Å²) in [5.41, 5.74) is 2.32. The van der Waals surface area contributed by atoms with Crippen molar-refractivity contribution in [2.75, 3.05) is 7.11 Å². The summed E-state index contributed by atoms with van der Waals surface area (Å²) in [5, 5.41) is 10.8. The predicted molar refractivity (Wildman–Crippen MR) is 68.5 cm³/mol. The van der Waals surface area contributed by atoms with Crippen LogP contribution in [0.4, 0.5) is 5.69 Å². The Morgan fingerprint density at radius 3 is 2.42 bits per heavy atom. The number of carbonyl (C=O) groups is 1. The van der Waals surface area contributed by atoms with E-state index in [1.165, 1.54) is 12.1 Å². The normalized spacial score (nSPS) is 11.9. The molecule has 0 spiro atoms. The first-order valence-corrected chi connectivity index (χ1v) is 5.63. The number of nitro groups is 1. The van der Waals surface area contributed by atoms with Crippen molar-refractivity contribution in [2.45, 2.75) is 0 Å². The van der Waals surface area contributed by atoms with Gasteiger partial charge in [-0.25, -0.2) is 0 Å². The number of rotatable bonds is 2. The van der Waals surface area contributed by atoms with Crippen molar-refractivity contribution in [3.63, 3.8) is 0 Å². The van der Waals surface area contributed by atoms with Gasteiger partial charge in [0.05, 0.1) is 12.0 Å². The van der Waals surface area contributed by atoms with Crippen molar-refractivity contribution in [3.8, 4) is 16.9 Å². The number of nitro benzene ring substituents is 1. The number of fused-ring (bicyclic) bond motifs is 3. The van der Waals surface area contributed by atoms with Gasteiger partial charge in [0.15, 0.2) is 5.78 Å². The van der Waals surface area contributed by atoms with Gasteiger partial charge in [0.1, 0.15) is 5.75 Å². The van der Waals surface area contributed by atoms with E-state index in [2.05, 4.69) is 0 Å². The minimum atomic E-state index is -0.503. The summed E-state index contributed by atoms with van der Waals surface area (Å²) < 4.78 is 5.13. The quantitative estimate of drug-likeness (QED) is 0.521. The van der Waals surface area contributed by atoms with E-state index < -0.39 is 4.92 Å². The summed E-state index contributed by atoms with van der Waals surface area (Å²) in [6.07, 6.45) is 0. The molecule has 2 aromatic carbocycles. The molecule has 0 saturated carbocycles. The highest BCUT2D eigenvalue weighted by Gasteiger charge is 2.28. The van der Waals surface area contributed by atoms with Gasteiger partial charge >= 0.3 is 0 Å². The predicted octanol–water partition coefficient (Wildman–Crippen LogP) is 2.81. The van der Waals surface area contributed by atoms with Crippen LogP contribution in [0.5, 0.6) is 5.75 Å². The summed E-state index contributed by atoms with van der Waals surface area (Å²) in [7, 11) is 1.55. The number of ketones is 1. The van der Waals surface area contributed by atoms with Crippen molar-refractivity contribution in [3.05, 3.63) is 57.6 Å². The highest BCUT2D eigenvalue weighted by molar-refractivity contribution is 6.22. The second-order valence-corrected chi connectivity index (χ2v) is 4.23. The van der Waals surface area contributed by atoms with Crippen LogP contribution in [0, 0.1) is 10.1 Å². The SMILES string of the molecule is COc1ccc2c(c1)-c1ccc([N+](=O)[O-])cc1C2=O. The number of carbonyl (C=O) groups excluding carboxylic acids is 1. The third-order valence-electron chi connectivity index (χ3n) is 3.22. The van der Waals surface area contributed by atoms with Crippen molar-refractivity contribution in [2.24, 2.45) is 0 Å². The van der Waals surface area contributed by atoms with Gasteiger partial charge in [0.2, 0.25) is 0 Å². The molecule has 1 aliphatic rings. The Morgan fingerprint density at radius 1 is 1.00 bits per heavy atom. The van der Waals surface area contributed by atoms with Gasteiger partial charge in [-0.3, -0.25) is 14.9 Å². The maximum atomic E-state index is 12.2. The van der Waals surface area contributed by atoms with Crippen molar-refractivity contribution in [1.82, 2.24) is 0 Å². The van der Waals surface area contributed by atoms with Crippen LogP contribution in [0.3, 0.4) is 0 Å². The summed E-state index contributed by atoms with van der Waals surface area (Å²) in [4.78, 5) is 22.5. The first-order chi connectivity index (χ1) is 9.11. The van der Waals surface area contributed by atoms with Crippen LogP contribution in [-0.4, -0.2) is 17.8 Å². The minimum Gasteiger partial charge on any atom is -0.497 e. The lowest BCUT2D eigenvalue weighted by atomic mass is 10.1. The van der Waals surface area contributed by atoms with Gasteiger partial charge in [0.25, 0.3) is 5.69 Å². The number of ether oxygens (including phenoxy) is 1. The maximum Gasteiger partial charge on any atom is 0.270 e. The highest BCUT2D eigenvalue weighted by atomic mass is 16.6. The molecule has 0 N–H and O–H groups in total. The van der Waals surface area contributed by atoms with E-state index in [0.717, 1.165) is 5.56 Å². The zero-order valence-corrected chi connectivity index (χ0v) is 10.0. The van der Waals surface area contributed by atoms with Crippen LogP contribution in [0.15, 0.2) is 36.4 Å². The molecule has 0 amide bonds. The van der Waals surface area contributed by atoms with E-state index in [-0.39, 0.29) is 11.5 Å². The first-order valence-electron chi connectivity index (χ1n) is 5.63. The molecule has 19 heavy (non-hydrogen) atoms. The Hall–Kier alpha value is -2.69. The number of hydrogen-bond acceptors (Lipinski definition) is 4. The monoisotopic (exact) mass is 255 g/mol. The van der Waals surface area contributed by atoms with Crippen LogP contribution >= 0.6 is 0 Å². The number of methoxy groups -OCH3 is 1. The highest BCUT2D eigenvalue weighted by Crippen LogP contribution is 2.39. The molecular formula is C14H9NO4. The fourth-order valence-electron chi connectivity index (χ4n) is 2.28. The molecule has 1 aliphatic carbocycles. The van der Waals surface area contributed by atoms with Crippen molar-refractivity contribution < 1.29 is 14.5 Å². The average Bonchev–Trinajstić information content (AvgIpc) is 2.71. The molecule has 0 atom stereocenters. The smallest absolute Gasteiger partial charge is 0.270 e. The third-order valence-corrected chi connectivity index (χ3v) is 3.22. The van der Waals surface area contributed by atoms with Crippen LogP contribution in [0.25, 0.3) is 11.1 Å². The molecule has 3 rings (SSSR count). The Morgan fingerprint density at radius 2 is 1.74 bits per heavy atom. The molecule has 0 fully saturated rings. The molecule has 2 aromatic rings. The zero-order valence-electron chi connectivity index (χ0n) is 10.0. The Bertz CT molecular complexity index is 721. The Labute approximate surface area is 108 Å². The Balaban J connectivity index is 2.23. The minimum absolute atomic E-state index is 0.0770. The van der Waals surface area contributed by atoms with Gasteiger partial charge in [-0.1, -0.05) is 0 Å². The fraction of sp³-hybridized carbons (Fsp3) is 0.0714. The topological polar surface area (TPSA) is 69.4 Å². The van der Waals surface area contributed by atoms with Crippen molar-refractivity contribution in [1.29, 1.82) is 0 Å². The molecule has 0 aromatic heterocycles. The lowest BCUT2D eigenvalue weighted by molar-refractivity contribution is -0.384. The van der Waals surface area contributed by atoms with Gasteiger partial charge in [-0.05, 0) is 35.4 Å². The molecular weight excluding hydrogens is 246 g/mol. The van der Waals surface area contributed by atoms with Crippen LogP contribution in [0.2, 0.25) is 0 Å². The molecule has 0 radical (unpaired) electrons. The van der Waals surface area contributed by atoms with Gasteiger partial charge in [-0.2, -0.15) is 0 Å². The second-order valence-electron chi connectivity index (χ2n) is 4.23. The molecule has 0 heterocycles. The fourth-order valence-corrected chi connectivity index (χ4v) is 2.28. The van der Waals surface area contributed by atoms with Crippen LogP contribution in [-0.2, 0) is 0 Å². The lowest BCUT2D eigenvalue weighted by Gasteiger charge is -2.03. The van der Waals surface area contributed by atoms with Gasteiger partial charge < -0.3 is 4.74 Å². The average molecular weight is 255 g/mol. The van der Waals surface area contributed by atoms with E-state index in [0.29, 0.717) is 22.4 Å². The van der Waals surface area contributed by atoms with Crippen molar-refractivity contribution >= 4 is 11.5 Å². The molecule has 0 saturated heterocycles. The van der Waals surface area contributed by atoms with E-state index in [9.17, 15) is 14.9 Å². The van der Waals surface area contributed by atoms with Crippen LogP contribution < -0.4 is 4.74 Å². The van der Waals surface area contributed by atoms with Gasteiger partial charge in [-0.15, -0.1) is 0 Å². The largest absolute Gasteiger partial charge is 0.497 e. The molecule has 94 valence electrons. The van der Waals surface area contributed by atoms with E-state index in [1.807, 2.05) is 0 Å². The molecule has 0 bridgehead atoms. The number of nitrogens with zero attached hydrogens (tertiary/aromatic N) is 1. The molecule has 0 aliphatic heterocycles. The summed E-state index contributed by atoms with van der Waals surface area (Å²) >= 11 is 0. The maximum absolute atomic E-state index is 12.2. The number of hydrogen-bond donors (Lipinski definition) is 0. The van der Waals surface area contributed by atoms with Crippen LogP contribution in [0.1, 0.15) is 15.9 Å². The van der Waals surface area contributed by atoms with Gasteiger partial charge in [0, 0.05) is 23.3 Å². The number of benzene rings is 2. The van der Waals surface area contributed by atoms with E-state index in [1.54, 1.807) is 31.4 Å². The standard InChI is InChI=1S/C14H9NO4/c1-19-9-3-5-11-12(7-9)10-4-2-8(15(17)18)6-13(10)14(11)16/h2-7H,1H3. The molecule has 0 unspecified atom stereocenters. The molecule has 5 heteroatoms. The number of non-ortho nitro benzene ring substituents is 1.